The summed E-state index contributed by atoms with van der Waals surface area (Å²) >= 11 is 0. The van der Waals surface area contributed by atoms with E-state index in [1.54, 1.807) is 6.20 Å². The molecule has 1 heterocycles. The van der Waals surface area contributed by atoms with Gasteiger partial charge >= 0.3 is 12.0 Å². The maximum absolute atomic E-state index is 11.6. The highest BCUT2D eigenvalue weighted by molar-refractivity contribution is 5.82. The fourth-order valence-electron chi connectivity index (χ4n) is 1.63. The number of aryl methyl sites for hydroxylation is 1. The summed E-state index contributed by atoms with van der Waals surface area (Å²) in [6.45, 7) is 5.97. The average Bonchev–Trinajstić information content (AvgIpc) is 2.70. The number of aromatic amines is 1. The molecule has 0 aromatic carbocycles. The quantitative estimate of drug-likeness (QED) is 0.617. The van der Waals surface area contributed by atoms with Crippen LogP contribution >= 0.6 is 0 Å². The van der Waals surface area contributed by atoms with Gasteiger partial charge in [0.1, 0.15) is 6.04 Å². The highest BCUT2D eigenvalue weighted by atomic mass is 16.4. The van der Waals surface area contributed by atoms with Crippen LogP contribution in [0, 0.1) is 12.8 Å². The van der Waals surface area contributed by atoms with Crippen LogP contribution in [-0.2, 0) is 11.3 Å². The van der Waals surface area contributed by atoms with Crippen molar-refractivity contribution in [1.82, 2.24) is 20.8 Å². The molecule has 0 aliphatic rings. The standard InChI is InChI=1S/C12H20N4O3/c1-7(2)4-10(11(17)18)15-12(19)13-5-9-6-14-16-8(9)3/h6-7,10H,4-5H2,1-3H3,(H,14,16)(H,17,18)(H2,13,15,19)/t10-/m1/s1. The SMILES string of the molecule is Cc1[nH]ncc1CNC(=O)N[C@H](CC(C)C)C(=O)O. The van der Waals surface area contributed by atoms with Crippen LogP contribution in [0.1, 0.15) is 31.5 Å². The van der Waals surface area contributed by atoms with Crippen LogP contribution in [0.15, 0.2) is 6.20 Å². The summed E-state index contributed by atoms with van der Waals surface area (Å²) in [5.41, 5.74) is 1.74. The fourth-order valence-corrected chi connectivity index (χ4v) is 1.63. The second kappa shape index (κ2) is 6.77. The Morgan fingerprint density at radius 2 is 2.16 bits per heavy atom. The summed E-state index contributed by atoms with van der Waals surface area (Å²) in [4.78, 5) is 22.6. The molecule has 0 aliphatic heterocycles. The third-order valence-electron chi connectivity index (χ3n) is 2.68. The zero-order valence-electron chi connectivity index (χ0n) is 11.4. The number of urea groups is 1. The van der Waals surface area contributed by atoms with Crippen molar-refractivity contribution in [3.63, 3.8) is 0 Å². The van der Waals surface area contributed by atoms with Crippen LogP contribution in [0.4, 0.5) is 4.79 Å². The van der Waals surface area contributed by atoms with Crippen molar-refractivity contribution in [2.24, 2.45) is 5.92 Å². The van der Waals surface area contributed by atoms with Gasteiger partial charge in [0.25, 0.3) is 0 Å². The maximum Gasteiger partial charge on any atom is 0.326 e. The minimum absolute atomic E-state index is 0.192. The van der Waals surface area contributed by atoms with E-state index in [2.05, 4.69) is 20.8 Å². The van der Waals surface area contributed by atoms with Crippen molar-refractivity contribution in [3.05, 3.63) is 17.5 Å². The molecule has 0 aliphatic carbocycles. The number of nitrogens with zero attached hydrogens (tertiary/aromatic N) is 1. The van der Waals surface area contributed by atoms with E-state index in [4.69, 9.17) is 5.11 Å². The van der Waals surface area contributed by atoms with E-state index in [0.717, 1.165) is 11.3 Å². The van der Waals surface area contributed by atoms with Crippen molar-refractivity contribution in [2.45, 2.75) is 39.8 Å². The van der Waals surface area contributed by atoms with Crippen molar-refractivity contribution in [3.8, 4) is 0 Å². The molecule has 1 atom stereocenters. The number of aliphatic carboxylic acids is 1. The van der Waals surface area contributed by atoms with Gasteiger partial charge in [0.15, 0.2) is 0 Å². The first kappa shape index (κ1) is 15.0. The minimum Gasteiger partial charge on any atom is -0.480 e. The van der Waals surface area contributed by atoms with E-state index < -0.39 is 18.0 Å². The van der Waals surface area contributed by atoms with E-state index in [-0.39, 0.29) is 5.92 Å². The molecule has 19 heavy (non-hydrogen) atoms. The Kier molecular flexibility index (Phi) is 5.35. The molecule has 0 spiro atoms. The summed E-state index contributed by atoms with van der Waals surface area (Å²) in [6, 6.07) is -1.36. The maximum atomic E-state index is 11.6. The predicted molar refractivity (Wildman–Crippen MR) is 69.6 cm³/mol. The largest absolute Gasteiger partial charge is 0.480 e. The number of nitrogens with one attached hydrogen (secondary N) is 3. The lowest BCUT2D eigenvalue weighted by molar-refractivity contribution is -0.139. The lowest BCUT2D eigenvalue weighted by atomic mass is 10.0. The second-order valence-electron chi connectivity index (χ2n) is 4.87. The molecular weight excluding hydrogens is 248 g/mol. The van der Waals surface area contributed by atoms with Gasteiger partial charge in [-0.15, -0.1) is 0 Å². The van der Waals surface area contributed by atoms with E-state index in [9.17, 15) is 9.59 Å². The van der Waals surface area contributed by atoms with Crippen molar-refractivity contribution in [1.29, 1.82) is 0 Å². The summed E-state index contributed by atoms with van der Waals surface area (Å²) in [7, 11) is 0. The number of carbonyl (C=O) groups excluding carboxylic acids is 1. The first-order valence-corrected chi connectivity index (χ1v) is 6.16. The molecule has 2 amide bonds. The number of H-pyrrole nitrogens is 1. The van der Waals surface area contributed by atoms with Gasteiger partial charge in [0.2, 0.25) is 0 Å². The Morgan fingerprint density at radius 1 is 1.47 bits per heavy atom. The van der Waals surface area contributed by atoms with Gasteiger partial charge in [0, 0.05) is 17.8 Å². The van der Waals surface area contributed by atoms with Crippen molar-refractivity contribution >= 4 is 12.0 Å². The summed E-state index contributed by atoms with van der Waals surface area (Å²) < 4.78 is 0. The Labute approximate surface area is 111 Å². The average molecular weight is 268 g/mol. The highest BCUT2D eigenvalue weighted by Crippen LogP contribution is 2.05. The number of aromatic nitrogens is 2. The van der Waals surface area contributed by atoms with Crippen LogP contribution in [0.5, 0.6) is 0 Å². The second-order valence-corrected chi connectivity index (χ2v) is 4.87. The van der Waals surface area contributed by atoms with Gasteiger partial charge in [-0.1, -0.05) is 13.8 Å². The van der Waals surface area contributed by atoms with Gasteiger partial charge in [-0.25, -0.2) is 9.59 Å². The van der Waals surface area contributed by atoms with E-state index in [1.807, 2.05) is 20.8 Å². The Bertz CT molecular complexity index is 442. The van der Waals surface area contributed by atoms with Crippen LogP contribution < -0.4 is 10.6 Å². The van der Waals surface area contributed by atoms with Gasteiger partial charge in [-0.3, -0.25) is 5.10 Å². The fraction of sp³-hybridized carbons (Fsp3) is 0.583. The number of carbonyl (C=O) groups is 2. The molecule has 0 fully saturated rings. The summed E-state index contributed by atoms with van der Waals surface area (Å²) in [5.74, 6) is -0.833. The lowest BCUT2D eigenvalue weighted by Crippen LogP contribution is -2.46. The first-order valence-electron chi connectivity index (χ1n) is 6.16. The molecule has 106 valence electrons. The Morgan fingerprint density at radius 3 is 2.63 bits per heavy atom. The minimum atomic E-state index is -1.02. The molecule has 0 unspecified atom stereocenters. The predicted octanol–water partition coefficient (Wildman–Crippen LogP) is 1.02. The molecule has 0 saturated heterocycles. The van der Waals surface area contributed by atoms with Gasteiger partial charge in [-0.05, 0) is 19.3 Å². The number of carboxylic acids is 1. The van der Waals surface area contributed by atoms with Crippen LogP contribution in [0.3, 0.4) is 0 Å². The topological polar surface area (TPSA) is 107 Å². The third kappa shape index (κ3) is 4.99. The van der Waals surface area contributed by atoms with Crippen molar-refractivity contribution in [2.75, 3.05) is 0 Å². The highest BCUT2D eigenvalue weighted by Gasteiger charge is 2.20. The number of hydrogen-bond donors (Lipinski definition) is 4. The zero-order valence-corrected chi connectivity index (χ0v) is 11.4. The van der Waals surface area contributed by atoms with Gasteiger partial charge in [0.05, 0.1) is 6.20 Å². The molecule has 0 radical (unpaired) electrons. The van der Waals surface area contributed by atoms with E-state index in [0.29, 0.717) is 13.0 Å². The molecule has 7 heteroatoms. The molecule has 4 N–H and O–H groups in total. The number of hydrogen-bond acceptors (Lipinski definition) is 3. The van der Waals surface area contributed by atoms with Crippen LogP contribution in [0.2, 0.25) is 0 Å². The van der Waals surface area contributed by atoms with Crippen molar-refractivity contribution < 1.29 is 14.7 Å². The number of carboxylic acid groups (broad SMARTS) is 1. The number of rotatable bonds is 6. The van der Waals surface area contributed by atoms with Crippen LogP contribution in [0.25, 0.3) is 0 Å². The van der Waals surface area contributed by atoms with E-state index >= 15 is 0 Å². The van der Waals surface area contributed by atoms with Gasteiger partial charge < -0.3 is 15.7 Å². The Balaban J connectivity index is 2.45. The smallest absolute Gasteiger partial charge is 0.326 e. The normalized spacial score (nSPS) is 12.2. The molecule has 1 aromatic rings. The van der Waals surface area contributed by atoms with E-state index in [1.165, 1.54) is 0 Å². The van der Waals surface area contributed by atoms with Crippen LogP contribution in [-0.4, -0.2) is 33.3 Å². The zero-order chi connectivity index (χ0) is 14.4. The molecule has 0 saturated carbocycles. The molecular formula is C12H20N4O3. The molecule has 7 nitrogen and oxygen atoms in total. The third-order valence-corrected chi connectivity index (χ3v) is 2.68. The van der Waals surface area contributed by atoms with Gasteiger partial charge in [-0.2, -0.15) is 5.10 Å². The summed E-state index contributed by atoms with van der Waals surface area (Å²) in [5, 5.41) is 20.7. The molecule has 0 bridgehead atoms. The Hall–Kier alpha value is -2.05. The monoisotopic (exact) mass is 268 g/mol. The molecule has 1 rings (SSSR count). The first-order chi connectivity index (χ1) is 8.90. The summed E-state index contributed by atoms with van der Waals surface area (Å²) in [6.07, 6.45) is 2.02. The number of amides is 2. The lowest BCUT2D eigenvalue weighted by Gasteiger charge is -2.16. The molecule has 1 aromatic heterocycles.